The molecule has 1 aromatic carbocycles. The summed E-state index contributed by atoms with van der Waals surface area (Å²) < 4.78 is 11.0. The lowest BCUT2D eigenvalue weighted by molar-refractivity contribution is 0.257. The van der Waals surface area contributed by atoms with Gasteiger partial charge in [-0.25, -0.2) is 0 Å². The van der Waals surface area contributed by atoms with Crippen LogP contribution in [0.3, 0.4) is 0 Å². The topological polar surface area (TPSA) is 60.2 Å². The lowest BCUT2D eigenvalue weighted by atomic mass is 10.2. The molecule has 0 aliphatic carbocycles. The Hall–Kier alpha value is -1.88. The Labute approximate surface area is 113 Å². The fourth-order valence-corrected chi connectivity index (χ4v) is 1.73. The van der Waals surface area contributed by atoms with Gasteiger partial charge < -0.3 is 14.5 Å². The molecule has 5 nitrogen and oxygen atoms in total. The summed E-state index contributed by atoms with van der Waals surface area (Å²) in [5.41, 5.74) is 1.13. The van der Waals surface area contributed by atoms with Crippen LogP contribution in [0.2, 0.25) is 0 Å². The third-order valence-electron chi connectivity index (χ3n) is 2.63. The van der Waals surface area contributed by atoms with Crippen LogP contribution in [0.1, 0.15) is 30.7 Å². The highest BCUT2D eigenvalue weighted by molar-refractivity contribution is 5.33. The normalized spacial score (nSPS) is 10.6. The molecule has 0 radical (unpaired) electrons. The minimum atomic E-state index is 0.297. The monoisotopic (exact) mass is 261 g/mol. The Kier molecular flexibility index (Phi) is 4.92. The van der Waals surface area contributed by atoms with Crippen LogP contribution < -0.4 is 10.1 Å². The van der Waals surface area contributed by atoms with Crippen LogP contribution in [0.15, 0.2) is 28.7 Å². The van der Waals surface area contributed by atoms with Crippen LogP contribution in [0.4, 0.5) is 0 Å². The van der Waals surface area contributed by atoms with E-state index in [1.165, 1.54) is 0 Å². The van der Waals surface area contributed by atoms with E-state index >= 15 is 0 Å². The van der Waals surface area contributed by atoms with Gasteiger partial charge in [0.05, 0.1) is 0 Å². The van der Waals surface area contributed by atoms with E-state index in [1.807, 2.05) is 18.2 Å². The van der Waals surface area contributed by atoms with Crippen molar-refractivity contribution < 1.29 is 9.15 Å². The van der Waals surface area contributed by atoms with Gasteiger partial charge >= 0.3 is 0 Å². The number of aromatic nitrogens is 2. The van der Waals surface area contributed by atoms with Gasteiger partial charge in [-0.2, -0.15) is 0 Å². The Morgan fingerprint density at radius 1 is 1.26 bits per heavy atom. The summed E-state index contributed by atoms with van der Waals surface area (Å²) in [6.07, 6.45) is 1.12. The number of benzene rings is 1. The Balaban J connectivity index is 1.95. The van der Waals surface area contributed by atoms with Crippen LogP contribution >= 0.6 is 0 Å². The van der Waals surface area contributed by atoms with E-state index in [9.17, 15) is 0 Å². The summed E-state index contributed by atoms with van der Waals surface area (Å²) in [6.45, 7) is 6.00. The second-order valence-corrected chi connectivity index (χ2v) is 4.29. The Morgan fingerprint density at radius 2 is 2.11 bits per heavy atom. The molecule has 0 aliphatic heterocycles. The van der Waals surface area contributed by atoms with Crippen LogP contribution in [0.5, 0.6) is 5.75 Å². The highest BCUT2D eigenvalue weighted by atomic mass is 16.5. The summed E-state index contributed by atoms with van der Waals surface area (Å²) in [4.78, 5) is 0. The highest BCUT2D eigenvalue weighted by Crippen LogP contribution is 2.19. The molecule has 0 aliphatic rings. The van der Waals surface area contributed by atoms with Crippen LogP contribution in [-0.4, -0.2) is 16.7 Å². The molecule has 19 heavy (non-hydrogen) atoms. The summed E-state index contributed by atoms with van der Waals surface area (Å²) in [6, 6.07) is 7.97. The zero-order valence-electron chi connectivity index (χ0n) is 11.3. The molecule has 0 bridgehead atoms. The third kappa shape index (κ3) is 4.06. The van der Waals surface area contributed by atoms with Gasteiger partial charge in [-0.05, 0) is 19.0 Å². The molecule has 0 spiro atoms. The SMILES string of the molecule is CCCNCc1ccccc1OCc1nnc(C)o1. The number of hydrogen-bond donors (Lipinski definition) is 1. The zero-order valence-corrected chi connectivity index (χ0v) is 11.3. The average Bonchev–Trinajstić information content (AvgIpc) is 2.84. The van der Waals surface area contributed by atoms with Crippen molar-refractivity contribution in [3.05, 3.63) is 41.6 Å². The van der Waals surface area contributed by atoms with Crippen LogP contribution in [-0.2, 0) is 13.2 Å². The molecular weight excluding hydrogens is 242 g/mol. The number of nitrogens with zero attached hydrogens (tertiary/aromatic N) is 2. The van der Waals surface area contributed by atoms with E-state index in [2.05, 4.69) is 28.5 Å². The minimum absolute atomic E-state index is 0.297. The predicted molar refractivity (Wildman–Crippen MR) is 71.8 cm³/mol. The van der Waals surface area contributed by atoms with Gasteiger partial charge in [0, 0.05) is 19.0 Å². The maximum Gasteiger partial charge on any atom is 0.253 e. The van der Waals surface area contributed by atoms with Gasteiger partial charge in [0.15, 0.2) is 6.61 Å². The van der Waals surface area contributed by atoms with Crippen LogP contribution in [0.25, 0.3) is 0 Å². The van der Waals surface area contributed by atoms with Gasteiger partial charge in [0.1, 0.15) is 5.75 Å². The maximum atomic E-state index is 5.73. The maximum absolute atomic E-state index is 5.73. The molecule has 102 valence electrons. The second kappa shape index (κ2) is 6.89. The number of ether oxygens (including phenoxy) is 1. The minimum Gasteiger partial charge on any atom is -0.483 e. The van der Waals surface area contributed by atoms with Gasteiger partial charge in [-0.1, -0.05) is 25.1 Å². The number of aryl methyl sites for hydroxylation is 1. The molecule has 0 unspecified atom stereocenters. The highest BCUT2D eigenvalue weighted by Gasteiger charge is 2.06. The van der Waals surface area contributed by atoms with Crippen molar-refractivity contribution in [2.45, 2.75) is 33.4 Å². The zero-order chi connectivity index (χ0) is 13.5. The van der Waals surface area contributed by atoms with E-state index in [-0.39, 0.29) is 0 Å². The number of nitrogens with one attached hydrogen (secondary N) is 1. The molecule has 1 N–H and O–H groups in total. The fraction of sp³-hybridized carbons (Fsp3) is 0.429. The van der Waals surface area contributed by atoms with Crippen LogP contribution in [0, 0.1) is 6.92 Å². The Morgan fingerprint density at radius 3 is 2.84 bits per heavy atom. The molecule has 0 atom stereocenters. The molecule has 1 heterocycles. The number of para-hydroxylation sites is 1. The lowest BCUT2D eigenvalue weighted by Crippen LogP contribution is -2.14. The molecule has 2 aromatic rings. The fourth-order valence-electron chi connectivity index (χ4n) is 1.73. The Bertz CT molecular complexity index is 511. The van der Waals surface area contributed by atoms with Gasteiger partial charge in [0.25, 0.3) is 5.89 Å². The number of rotatable bonds is 7. The van der Waals surface area contributed by atoms with Crippen molar-refractivity contribution in [1.82, 2.24) is 15.5 Å². The third-order valence-corrected chi connectivity index (χ3v) is 2.63. The van der Waals surface area contributed by atoms with Crippen molar-refractivity contribution in [3.63, 3.8) is 0 Å². The summed E-state index contributed by atoms with van der Waals surface area (Å²) >= 11 is 0. The molecule has 1 aromatic heterocycles. The molecule has 5 heteroatoms. The smallest absolute Gasteiger partial charge is 0.253 e. The predicted octanol–water partition coefficient (Wildman–Crippen LogP) is 2.46. The first-order chi connectivity index (χ1) is 9.29. The first kappa shape index (κ1) is 13.5. The van der Waals surface area contributed by atoms with Gasteiger partial charge in [-0.3, -0.25) is 0 Å². The standard InChI is InChI=1S/C14H19N3O2/c1-3-8-15-9-12-6-4-5-7-13(12)18-10-14-17-16-11(2)19-14/h4-7,15H,3,8-10H2,1-2H3. The molecule has 2 rings (SSSR count). The van der Waals surface area contributed by atoms with Crippen molar-refractivity contribution in [3.8, 4) is 5.75 Å². The van der Waals surface area contributed by atoms with E-state index in [1.54, 1.807) is 6.92 Å². The quantitative estimate of drug-likeness (QED) is 0.776. The summed E-state index contributed by atoms with van der Waals surface area (Å²) in [5, 5.41) is 11.0. The molecule has 0 saturated heterocycles. The summed E-state index contributed by atoms with van der Waals surface area (Å²) in [7, 11) is 0. The van der Waals surface area contributed by atoms with Crippen molar-refractivity contribution in [2.75, 3.05) is 6.54 Å². The number of hydrogen-bond acceptors (Lipinski definition) is 5. The van der Waals surface area contributed by atoms with E-state index in [4.69, 9.17) is 9.15 Å². The first-order valence-corrected chi connectivity index (χ1v) is 6.50. The molecular formula is C14H19N3O2. The van der Waals surface area contributed by atoms with Crippen molar-refractivity contribution in [2.24, 2.45) is 0 Å². The second-order valence-electron chi connectivity index (χ2n) is 4.29. The van der Waals surface area contributed by atoms with E-state index in [0.29, 0.717) is 18.4 Å². The van der Waals surface area contributed by atoms with E-state index < -0.39 is 0 Å². The van der Waals surface area contributed by atoms with Crippen molar-refractivity contribution >= 4 is 0 Å². The lowest BCUT2D eigenvalue weighted by Gasteiger charge is -2.10. The largest absolute Gasteiger partial charge is 0.483 e. The molecule has 0 saturated carbocycles. The molecule has 0 amide bonds. The van der Waals surface area contributed by atoms with Crippen molar-refractivity contribution in [1.29, 1.82) is 0 Å². The molecule has 0 fully saturated rings. The van der Waals surface area contributed by atoms with Gasteiger partial charge in [0.2, 0.25) is 5.89 Å². The average molecular weight is 261 g/mol. The first-order valence-electron chi connectivity index (χ1n) is 6.50. The van der Waals surface area contributed by atoms with Gasteiger partial charge in [-0.15, -0.1) is 10.2 Å². The van der Waals surface area contributed by atoms with E-state index in [0.717, 1.165) is 30.8 Å². The summed E-state index contributed by atoms with van der Waals surface area (Å²) in [5.74, 6) is 1.90.